The molecule has 3 heteroatoms. The fourth-order valence-corrected chi connectivity index (χ4v) is 2.59. The molecule has 0 spiro atoms. The van der Waals surface area contributed by atoms with Crippen LogP contribution in [-0.2, 0) is 13.0 Å². The topological polar surface area (TPSA) is 28.2 Å². The van der Waals surface area contributed by atoms with E-state index >= 15 is 0 Å². The van der Waals surface area contributed by atoms with Crippen molar-refractivity contribution in [2.45, 2.75) is 65.5 Å². The van der Waals surface area contributed by atoms with Gasteiger partial charge in [-0.1, -0.05) is 13.3 Å². The summed E-state index contributed by atoms with van der Waals surface area (Å²) in [4.78, 5) is 7.28. The predicted octanol–water partition coefficient (Wildman–Crippen LogP) is 3.52. The Bertz CT molecular complexity index is 428. The second-order valence-corrected chi connectivity index (χ2v) is 6.87. The summed E-state index contributed by atoms with van der Waals surface area (Å²) in [6.07, 6.45) is 4.83. The van der Waals surface area contributed by atoms with Crippen molar-refractivity contribution < 1.29 is 0 Å². The molecule has 0 bridgehead atoms. The largest absolute Gasteiger partial charge is 0.357 e. The standard InChI is InChI=1S/C17H29N3/c1-5-8-15-11-14(13-18-17(2,3)4)12-16(19-15)20-9-6-7-10-20/h11-12,18H,5-10,13H2,1-4H3. The van der Waals surface area contributed by atoms with Gasteiger partial charge in [-0.3, -0.25) is 0 Å². The van der Waals surface area contributed by atoms with Gasteiger partial charge in [0.2, 0.25) is 0 Å². The van der Waals surface area contributed by atoms with Crippen molar-refractivity contribution in [1.29, 1.82) is 0 Å². The number of aromatic nitrogens is 1. The predicted molar refractivity (Wildman–Crippen MR) is 86.3 cm³/mol. The van der Waals surface area contributed by atoms with Gasteiger partial charge in [0, 0.05) is 30.9 Å². The van der Waals surface area contributed by atoms with Gasteiger partial charge >= 0.3 is 0 Å². The quantitative estimate of drug-likeness (QED) is 0.891. The molecule has 1 aromatic rings. The van der Waals surface area contributed by atoms with Gasteiger partial charge < -0.3 is 10.2 Å². The molecule has 0 aliphatic carbocycles. The zero-order chi connectivity index (χ0) is 14.6. The summed E-state index contributed by atoms with van der Waals surface area (Å²) in [5.41, 5.74) is 2.75. The lowest BCUT2D eigenvalue weighted by atomic mass is 10.1. The number of pyridine rings is 1. The zero-order valence-corrected chi connectivity index (χ0v) is 13.5. The summed E-state index contributed by atoms with van der Waals surface area (Å²) in [5, 5.41) is 3.58. The molecule has 3 nitrogen and oxygen atoms in total. The minimum absolute atomic E-state index is 0.155. The highest BCUT2D eigenvalue weighted by molar-refractivity contribution is 5.43. The van der Waals surface area contributed by atoms with E-state index in [1.807, 2.05) is 0 Å². The van der Waals surface area contributed by atoms with Crippen LogP contribution in [0.4, 0.5) is 5.82 Å². The van der Waals surface area contributed by atoms with E-state index in [9.17, 15) is 0 Å². The van der Waals surface area contributed by atoms with Gasteiger partial charge in [-0.25, -0.2) is 4.98 Å². The molecular formula is C17H29N3. The Kier molecular flexibility index (Phi) is 5.03. The van der Waals surface area contributed by atoms with Crippen LogP contribution in [0, 0.1) is 0 Å². The number of hydrogen-bond donors (Lipinski definition) is 1. The first-order valence-corrected chi connectivity index (χ1v) is 7.98. The molecule has 0 aromatic carbocycles. The van der Waals surface area contributed by atoms with Crippen LogP contribution >= 0.6 is 0 Å². The van der Waals surface area contributed by atoms with Crippen molar-refractivity contribution >= 4 is 5.82 Å². The monoisotopic (exact) mass is 275 g/mol. The van der Waals surface area contributed by atoms with Crippen LogP contribution in [0.5, 0.6) is 0 Å². The Morgan fingerprint density at radius 3 is 2.50 bits per heavy atom. The molecule has 2 heterocycles. The average molecular weight is 275 g/mol. The van der Waals surface area contributed by atoms with E-state index in [-0.39, 0.29) is 5.54 Å². The van der Waals surface area contributed by atoms with Crippen molar-refractivity contribution in [3.63, 3.8) is 0 Å². The first-order valence-electron chi connectivity index (χ1n) is 7.98. The van der Waals surface area contributed by atoms with Crippen LogP contribution in [0.3, 0.4) is 0 Å². The first-order chi connectivity index (χ1) is 9.48. The minimum Gasteiger partial charge on any atom is -0.357 e. The maximum absolute atomic E-state index is 4.85. The highest BCUT2D eigenvalue weighted by Gasteiger charge is 2.16. The van der Waals surface area contributed by atoms with Crippen molar-refractivity contribution in [1.82, 2.24) is 10.3 Å². The van der Waals surface area contributed by atoms with Gasteiger partial charge in [-0.05, 0) is 57.7 Å². The molecule has 1 N–H and O–H groups in total. The molecule has 0 amide bonds. The van der Waals surface area contributed by atoms with Crippen molar-refractivity contribution in [2.75, 3.05) is 18.0 Å². The fourth-order valence-electron chi connectivity index (χ4n) is 2.59. The van der Waals surface area contributed by atoms with Crippen LogP contribution in [0.2, 0.25) is 0 Å². The molecule has 2 rings (SSSR count). The van der Waals surface area contributed by atoms with Crippen LogP contribution in [0.15, 0.2) is 12.1 Å². The molecule has 0 saturated carbocycles. The molecule has 0 unspecified atom stereocenters. The van der Waals surface area contributed by atoms with Crippen molar-refractivity contribution in [3.8, 4) is 0 Å². The number of hydrogen-bond acceptors (Lipinski definition) is 3. The van der Waals surface area contributed by atoms with Gasteiger partial charge in [0.25, 0.3) is 0 Å². The summed E-state index contributed by atoms with van der Waals surface area (Å²) in [7, 11) is 0. The van der Waals surface area contributed by atoms with Crippen LogP contribution in [0.1, 0.15) is 58.2 Å². The Balaban J connectivity index is 2.16. The summed E-state index contributed by atoms with van der Waals surface area (Å²) < 4.78 is 0. The smallest absolute Gasteiger partial charge is 0.129 e. The van der Waals surface area contributed by atoms with Gasteiger partial charge in [-0.15, -0.1) is 0 Å². The molecule has 1 aliphatic rings. The number of anilines is 1. The second kappa shape index (κ2) is 6.57. The SMILES string of the molecule is CCCc1cc(CNC(C)(C)C)cc(N2CCCC2)n1. The molecular weight excluding hydrogens is 246 g/mol. The van der Waals surface area contributed by atoms with Crippen LogP contribution in [-0.4, -0.2) is 23.6 Å². The third-order valence-electron chi connectivity index (χ3n) is 3.68. The van der Waals surface area contributed by atoms with Gasteiger partial charge in [0.1, 0.15) is 5.82 Å². The van der Waals surface area contributed by atoms with E-state index < -0.39 is 0 Å². The summed E-state index contributed by atoms with van der Waals surface area (Å²) >= 11 is 0. The maximum Gasteiger partial charge on any atom is 0.129 e. The molecule has 1 aromatic heterocycles. The highest BCUT2D eigenvalue weighted by Crippen LogP contribution is 2.21. The molecule has 0 atom stereocenters. The number of nitrogens with zero attached hydrogens (tertiary/aromatic N) is 2. The molecule has 0 radical (unpaired) electrons. The van der Waals surface area contributed by atoms with Gasteiger partial charge in [0.05, 0.1) is 0 Å². The molecule has 112 valence electrons. The number of aryl methyl sites for hydroxylation is 1. The molecule has 1 aliphatic heterocycles. The second-order valence-electron chi connectivity index (χ2n) is 6.87. The van der Waals surface area contributed by atoms with E-state index in [1.54, 1.807) is 0 Å². The van der Waals surface area contributed by atoms with Crippen LogP contribution in [0.25, 0.3) is 0 Å². The third kappa shape index (κ3) is 4.48. The Labute approximate surface area is 123 Å². The van der Waals surface area contributed by atoms with Crippen molar-refractivity contribution in [3.05, 3.63) is 23.4 Å². The summed E-state index contributed by atoms with van der Waals surface area (Å²) in [5.74, 6) is 1.18. The zero-order valence-electron chi connectivity index (χ0n) is 13.5. The van der Waals surface area contributed by atoms with Crippen molar-refractivity contribution in [2.24, 2.45) is 0 Å². The molecule has 20 heavy (non-hydrogen) atoms. The minimum atomic E-state index is 0.155. The Morgan fingerprint density at radius 2 is 1.90 bits per heavy atom. The molecule has 1 fully saturated rings. The lowest BCUT2D eigenvalue weighted by Gasteiger charge is -2.22. The van der Waals surface area contributed by atoms with E-state index in [0.717, 1.165) is 32.5 Å². The number of nitrogens with one attached hydrogen (secondary N) is 1. The fraction of sp³-hybridized carbons (Fsp3) is 0.706. The average Bonchev–Trinajstić information content (AvgIpc) is 2.89. The van der Waals surface area contributed by atoms with Gasteiger partial charge in [-0.2, -0.15) is 0 Å². The normalized spacial score (nSPS) is 15.9. The lowest BCUT2D eigenvalue weighted by molar-refractivity contribution is 0.424. The summed E-state index contributed by atoms with van der Waals surface area (Å²) in [6, 6.07) is 4.53. The maximum atomic E-state index is 4.85. The first kappa shape index (κ1) is 15.3. The van der Waals surface area contributed by atoms with Crippen LogP contribution < -0.4 is 10.2 Å². The third-order valence-corrected chi connectivity index (χ3v) is 3.68. The van der Waals surface area contributed by atoms with E-state index in [1.165, 1.54) is 29.9 Å². The van der Waals surface area contributed by atoms with E-state index in [0.29, 0.717) is 0 Å². The number of rotatable bonds is 5. The Hall–Kier alpha value is -1.09. The summed E-state index contributed by atoms with van der Waals surface area (Å²) in [6.45, 7) is 12.1. The lowest BCUT2D eigenvalue weighted by Crippen LogP contribution is -2.35. The van der Waals surface area contributed by atoms with E-state index in [4.69, 9.17) is 4.98 Å². The molecule has 1 saturated heterocycles. The van der Waals surface area contributed by atoms with Gasteiger partial charge in [0.15, 0.2) is 0 Å². The Morgan fingerprint density at radius 1 is 1.20 bits per heavy atom. The van der Waals surface area contributed by atoms with E-state index in [2.05, 4.69) is 50.0 Å². The highest BCUT2D eigenvalue weighted by atomic mass is 15.2.